The minimum Gasteiger partial charge on any atom is -0.350 e. The van der Waals surface area contributed by atoms with Crippen LogP contribution < -0.4 is 5.32 Å². The third kappa shape index (κ3) is 5.35. The molecule has 15 heavy (non-hydrogen) atoms. The zero-order valence-electron chi connectivity index (χ0n) is 9.38. The van der Waals surface area contributed by atoms with Gasteiger partial charge in [-0.3, -0.25) is 10.2 Å². The second-order valence-corrected chi connectivity index (χ2v) is 4.11. The van der Waals surface area contributed by atoms with E-state index in [4.69, 9.17) is 5.41 Å². The summed E-state index contributed by atoms with van der Waals surface area (Å²) in [6, 6.07) is 0. The Labute approximate surface area is 91.5 Å². The number of allylic oxidation sites excluding steroid dienone is 1. The van der Waals surface area contributed by atoms with Crippen molar-refractivity contribution in [2.45, 2.75) is 39.0 Å². The molecule has 0 atom stereocenters. The molecule has 0 radical (unpaired) electrons. The van der Waals surface area contributed by atoms with Crippen LogP contribution in [0.3, 0.4) is 0 Å². The Morgan fingerprint density at radius 1 is 1.53 bits per heavy atom. The Balaban J connectivity index is 2.13. The van der Waals surface area contributed by atoms with Crippen LogP contribution in [0, 0.1) is 11.3 Å². The summed E-state index contributed by atoms with van der Waals surface area (Å²) in [6.07, 6.45) is 9.17. The van der Waals surface area contributed by atoms with Gasteiger partial charge in [0.25, 0.3) is 5.91 Å². The average molecular weight is 208 g/mol. The molecule has 1 saturated carbocycles. The van der Waals surface area contributed by atoms with Crippen molar-refractivity contribution >= 4 is 11.6 Å². The highest BCUT2D eigenvalue weighted by Gasteiger charge is 2.21. The average Bonchev–Trinajstić information content (AvgIpc) is 3.04. The Bertz CT molecular complexity index is 254. The molecule has 3 heteroatoms. The standard InChI is InChI=1S/C12H20N2O/c1-2-3-4-5-6-11(13)12(15)14-9-10-7-8-10/h5-6,10,13H,2-4,7-9H2,1H3,(H,14,15)/b6-5-,13-11?. The molecule has 0 bridgehead atoms. The van der Waals surface area contributed by atoms with Gasteiger partial charge in [-0.05, 0) is 31.3 Å². The Morgan fingerprint density at radius 3 is 2.87 bits per heavy atom. The van der Waals surface area contributed by atoms with E-state index < -0.39 is 0 Å². The van der Waals surface area contributed by atoms with Gasteiger partial charge < -0.3 is 5.32 Å². The minimum absolute atomic E-state index is 0.0757. The van der Waals surface area contributed by atoms with E-state index in [-0.39, 0.29) is 11.6 Å². The third-order valence-electron chi connectivity index (χ3n) is 2.50. The second-order valence-electron chi connectivity index (χ2n) is 4.11. The lowest BCUT2D eigenvalue weighted by Gasteiger charge is -2.01. The summed E-state index contributed by atoms with van der Waals surface area (Å²) in [4.78, 5) is 11.4. The van der Waals surface area contributed by atoms with Crippen molar-refractivity contribution in [2.75, 3.05) is 6.54 Å². The van der Waals surface area contributed by atoms with Gasteiger partial charge in [0, 0.05) is 6.54 Å². The van der Waals surface area contributed by atoms with Gasteiger partial charge in [0.05, 0.1) is 0 Å². The van der Waals surface area contributed by atoms with Crippen molar-refractivity contribution in [2.24, 2.45) is 5.92 Å². The molecule has 3 nitrogen and oxygen atoms in total. The monoisotopic (exact) mass is 208 g/mol. The number of carbonyl (C=O) groups is 1. The summed E-state index contributed by atoms with van der Waals surface area (Å²) in [5, 5.41) is 10.3. The van der Waals surface area contributed by atoms with E-state index in [1.54, 1.807) is 6.08 Å². The fraction of sp³-hybridized carbons (Fsp3) is 0.667. The lowest BCUT2D eigenvalue weighted by atomic mass is 10.2. The predicted octanol–water partition coefficient (Wildman–Crippen LogP) is 2.28. The molecule has 0 unspecified atom stereocenters. The van der Waals surface area contributed by atoms with E-state index in [0.29, 0.717) is 5.92 Å². The molecule has 1 rings (SSSR count). The number of carbonyl (C=O) groups excluding carboxylic acids is 1. The van der Waals surface area contributed by atoms with Crippen molar-refractivity contribution in [3.05, 3.63) is 12.2 Å². The smallest absolute Gasteiger partial charge is 0.269 e. The van der Waals surface area contributed by atoms with Crippen molar-refractivity contribution in [3.8, 4) is 0 Å². The van der Waals surface area contributed by atoms with Gasteiger partial charge in [-0.25, -0.2) is 0 Å². The van der Waals surface area contributed by atoms with Crippen LogP contribution in [-0.4, -0.2) is 18.2 Å². The first-order valence-corrected chi connectivity index (χ1v) is 5.77. The van der Waals surface area contributed by atoms with E-state index in [1.165, 1.54) is 12.8 Å². The van der Waals surface area contributed by atoms with E-state index in [1.807, 2.05) is 6.08 Å². The highest BCUT2D eigenvalue weighted by molar-refractivity contribution is 6.42. The van der Waals surface area contributed by atoms with Gasteiger partial charge in [-0.1, -0.05) is 25.8 Å². The van der Waals surface area contributed by atoms with Crippen LogP contribution in [0.2, 0.25) is 0 Å². The first-order valence-electron chi connectivity index (χ1n) is 5.77. The number of rotatable bonds is 7. The molecule has 2 N–H and O–H groups in total. The van der Waals surface area contributed by atoms with Crippen LogP contribution in [0.25, 0.3) is 0 Å². The SMILES string of the molecule is CCCC/C=C\C(=N)C(=O)NCC1CC1. The molecule has 1 aliphatic rings. The van der Waals surface area contributed by atoms with Crippen LogP contribution in [0.15, 0.2) is 12.2 Å². The zero-order valence-corrected chi connectivity index (χ0v) is 9.38. The summed E-state index contributed by atoms with van der Waals surface area (Å²) in [5.41, 5.74) is 0.0757. The van der Waals surface area contributed by atoms with Crippen molar-refractivity contribution in [3.63, 3.8) is 0 Å². The summed E-state index contributed by atoms with van der Waals surface area (Å²) in [6.45, 7) is 2.87. The number of hydrogen-bond acceptors (Lipinski definition) is 2. The van der Waals surface area contributed by atoms with Crippen LogP contribution in [0.5, 0.6) is 0 Å². The van der Waals surface area contributed by atoms with Crippen molar-refractivity contribution in [1.29, 1.82) is 5.41 Å². The van der Waals surface area contributed by atoms with Crippen LogP contribution >= 0.6 is 0 Å². The maximum atomic E-state index is 11.4. The van der Waals surface area contributed by atoms with Crippen LogP contribution in [0.4, 0.5) is 0 Å². The fourth-order valence-electron chi connectivity index (χ4n) is 1.25. The van der Waals surface area contributed by atoms with Crippen molar-refractivity contribution in [1.82, 2.24) is 5.32 Å². The second kappa shape index (κ2) is 6.38. The van der Waals surface area contributed by atoms with Gasteiger partial charge in [0.2, 0.25) is 0 Å². The highest BCUT2D eigenvalue weighted by Crippen LogP contribution is 2.27. The topological polar surface area (TPSA) is 53.0 Å². The van der Waals surface area contributed by atoms with Gasteiger partial charge in [0.1, 0.15) is 5.71 Å². The minimum atomic E-state index is -0.241. The number of unbranched alkanes of at least 4 members (excludes halogenated alkanes) is 2. The predicted molar refractivity (Wildman–Crippen MR) is 62.1 cm³/mol. The zero-order chi connectivity index (χ0) is 11.1. The highest BCUT2D eigenvalue weighted by atomic mass is 16.1. The van der Waals surface area contributed by atoms with E-state index in [9.17, 15) is 4.79 Å². The Morgan fingerprint density at radius 2 is 2.27 bits per heavy atom. The summed E-state index contributed by atoms with van der Waals surface area (Å²) < 4.78 is 0. The number of nitrogens with one attached hydrogen (secondary N) is 2. The summed E-state index contributed by atoms with van der Waals surface area (Å²) in [5.74, 6) is 0.431. The maximum absolute atomic E-state index is 11.4. The molecule has 0 aliphatic heterocycles. The van der Waals surface area contributed by atoms with Crippen molar-refractivity contribution < 1.29 is 4.79 Å². The molecule has 1 amide bonds. The van der Waals surface area contributed by atoms with Gasteiger partial charge >= 0.3 is 0 Å². The molecule has 0 heterocycles. The van der Waals surface area contributed by atoms with E-state index >= 15 is 0 Å². The third-order valence-corrected chi connectivity index (χ3v) is 2.50. The van der Waals surface area contributed by atoms with Gasteiger partial charge in [0.15, 0.2) is 0 Å². The molecule has 1 fully saturated rings. The van der Waals surface area contributed by atoms with Gasteiger partial charge in [-0.2, -0.15) is 0 Å². The lowest BCUT2D eigenvalue weighted by molar-refractivity contribution is -0.114. The number of hydrogen-bond donors (Lipinski definition) is 2. The number of amides is 1. The Hall–Kier alpha value is -1.12. The van der Waals surface area contributed by atoms with E-state index in [2.05, 4.69) is 12.2 Å². The molecule has 0 saturated heterocycles. The normalized spacial score (nSPS) is 15.5. The quantitative estimate of drug-likeness (QED) is 0.489. The van der Waals surface area contributed by atoms with Crippen LogP contribution in [-0.2, 0) is 4.79 Å². The molecule has 0 aromatic carbocycles. The van der Waals surface area contributed by atoms with Crippen LogP contribution in [0.1, 0.15) is 39.0 Å². The molecule has 0 aromatic rings. The lowest BCUT2D eigenvalue weighted by Crippen LogP contribution is -2.31. The van der Waals surface area contributed by atoms with Gasteiger partial charge in [-0.15, -0.1) is 0 Å². The molecular weight excluding hydrogens is 188 g/mol. The summed E-state index contributed by atoms with van der Waals surface area (Å²) >= 11 is 0. The first-order chi connectivity index (χ1) is 7.24. The Kier molecular flexibility index (Phi) is 5.08. The molecule has 0 aromatic heterocycles. The molecular formula is C12H20N2O. The molecule has 1 aliphatic carbocycles. The largest absolute Gasteiger partial charge is 0.350 e. The molecule has 0 spiro atoms. The van der Waals surface area contributed by atoms with E-state index in [0.717, 1.165) is 25.8 Å². The summed E-state index contributed by atoms with van der Waals surface area (Å²) in [7, 11) is 0. The maximum Gasteiger partial charge on any atom is 0.269 e. The fourth-order valence-corrected chi connectivity index (χ4v) is 1.25. The molecule has 84 valence electrons. The first kappa shape index (κ1) is 12.0.